The molecule has 1 aromatic carbocycles. The van der Waals surface area contributed by atoms with Gasteiger partial charge in [-0.25, -0.2) is 0 Å². The summed E-state index contributed by atoms with van der Waals surface area (Å²) in [5.74, 6) is 2.00. The molecule has 0 bridgehead atoms. The van der Waals surface area contributed by atoms with Gasteiger partial charge in [-0.2, -0.15) is 4.80 Å². The number of carbonyl (C=O) groups excluding carboxylic acids is 2. The molecule has 6 rings (SSSR count). The fourth-order valence-corrected chi connectivity index (χ4v) is 4.95. The van der Waals surface area contributed by atoms with Gasteiger partial charge in [0.1, 0.15) is 31.3 Å². The van der Waals surface area contributed by atoms with E-state index in [0.29, 0.717) is 47.7 Å². The summed E-state index contributed by atoms with van der Waals surface area (Å²) in [6.07, 6.45) is 5.38. The first-order valence-electron chi connectivity index (χ1n) is 13.0. The number of furan rings is 2. The predicted octanol–water partition coefficient (Wildman–Crippen LogP) is 3.44. The molecule has 2 aliphatic rings. The van der Waals surface area contributed by atoms with E-state index in [9.17, 15) is 9.59 Å². The van der Waals surface area contributed by atoms with Crippen LogP contribution in [-0.2, 0) is 16.1 Å². The summed E-state index contributed by atoms with van der Waals surface area (Å²) in [7, 11) is 0. The van der Waals surface area contributed by atoms with Crippen LogP contribution >= 0.6 is 0 Å². The third-order valence-corrected chi connectivity index (χ3v) is 6.78. The maximum Gasteiger partial charge on any atom is 0.251 e. The fraction of sp³-hybridized carbons (Fsp3) is 0.370. The van der Waals surface area contributed by atoms with Gasteiger partial charge in [-0.15, -0.1) is 10.2 Å². The van der Waals surface area contributed by atoms with Crippen LogP contribution in [0.25, 0.3) is 11.6 Å². The van der Waals surface area contributed by atoms with Crippen LogP contribution < -0.4 is 19.7 Å². The number of anilines is 1. The minimum Gasteiger partial charge on any atom is -0.486 e. The van der Waals surface area contributed by atoms with Crippen LogP contribution in [0.4, 0.5) is 5.69 Å². The second kappa shape index (κ2) is 10.6. The Morgan fingerprint density at radius 2 is 1.92 bits per heavy atom. The highest BCUT2D eigenvalue weighted by molar-refractivity contribution is 6.01. The first-order chi connectivity index (χ1) is 19.0. The summed E-state index contributed by atoms with van der Waals surface area (Å²) in [5, 5.41) is 15.5. The third kappa shape index (κ3) is 5.22. The number of carbonyl (C=O) groups is 2. The van der Waals surface area contributed by atoms with Crippen molar-refractivity contribution >= 4 is 17.5 Å². The Labute approximate surface area is 223 Å². The Bertz CT molecular complexity index is 1460. The monoisotopic (exact) mass is 532 g/mol. The van der Waals surface area contributed by atoms with Crippen molar-refractivity contribution < 1.29 is 27.9 Å². The van der Waals surface area contributed by atoms with Crippen molar-refractivity contribution in [3.05, 3.63) is 60.2 Å². The Morgan fingerprint density at radius 3 is 2.67 bits per heavy atom. The molecule has 0 unspecified atom stereocenters. The van der Waals surface area contributed by atoms with E-state index < -0.39 is 11.9 Å². The average Bonchev–Trinajstić information content (AvgIpc) is 3.76. The minimum atomic E-state index is -1.08. The average molecular weight is 533 g/mol. The number of ether oxygens (including phenoxy) is 2. The molecule has 1 saturated carbocycles. The maximum atomic E-state index is 14.0. The number of amides is 2. The molecule has 2 amide bonds. The number of benzene rings is 1. The molecular formula is C27H28N6O6. The molecule has 1 atom stereocenters. The summed E-state index contributed by atoms with van der Waals surface area (Å²) in [4.78, 5) is 30.3. The summed E-state index contributed by atoms with van der Waals surface area (Å²) in [6.45, 7) is 2.35. The number of hydrogen-bond donors (Lipinski definition) is 1. The molecule has 4 aromatic rings. The van der Waals surface area contributed by atoms with Crippen molar-refractivity contribution in [2.24, 2.45) is 0 Å². The topological polar surface area (TPSA) is 138 Å². The Balaban J connectivity index is 1.35. The lowest BCUT2D eigenvalue weighted by molar-refractivity contribution is -0.128. The van der Waals surface area contributed by atoms with Crippen molar-refractivity contribution in [3.8, 4) is 23.1 Å². The summed E-state index contributed by atoms with van der Waals surface area (Å²) in [5.41, 5.74) is 0.439. The summed E-state index contributed by atoms with van der Waals surface area (Å²) in [6, 6.07) is 11.0. The van der Waals surface area contributed by atoms with E-state index in [4.69, 9.17) is 18.3 Å². The lowest BCUT2D eigenvalue weighted by Crippen LogP contribution is -2.47. The highest BCUT2D eigenvalue weighted by Crippen LogP contribution is 2.37. The summed E-state index contributed by atoms with van der Waals surface area (Å²) < 4.78 is 22.7. The molecule has 1 aliphatic carbocycles. The van der Waals surface area contributed by atoms with Gasteiger partial charge in [0.05, 0.1) is 6.26 Å². The van der Waals surface area contributed by atoms with Crippen molar-refractivity contribution in [1.29, 1.82) is 0 Å². The van der Waals surface area contributed by atoms with Gasteiger partial charge < -0.3 is 23.6 Å². The zero-order valence-electron chi connectivity index (χ0n) is 21.4. The van der Waals surface area contributed by atoms with Crippen LogP contribution in [0.2, 0.25) is 0 Å². The number of hydrogen-bond acceptors (Lipinski definition) is 9. The largest absolute Gasteiger partial charge is 0.486 e. The molecule has 12 nitrogen and oxygen atoms in total. The zero-order chi connectivity index (χ0) is 26.8. The normalized spacial score (nSPS) is 15.7. The molecule has 0 radical (unpaired) electrons. The van der Waals surface area contributed by atoms with Crippen molar-refractivity contribution in [2.75, 3.05) is 18.1 Å². The Hall–Kier alpha value is -4.61. The van der Waals surface area contributed by atoms with E-state index in [1.807, 2.05) is 6.92 Å². The zero-order valence-corrected chi connectivity index (χ0v) is 21.4. The van der Waals surface area contributed by atoms with Gasteiger partial charge in [-0.1, -0.05) is 12.8 Å². The maximum absolute atomic E-state index is 14.0. The van der Waals surface area contributed by atoms with E-state index in [1.54, 1.807) is 42.5 Å². The highest BCUT2D eigenvalue weighted by Gasteiger charge is 2.37. The molecule has 1 aliphatic heterocycles. The quantitative estimate of drug-likeness (QED) is 0.362. The molecule has 4 heterocycles. The van der Waals surface area contributed by atoms with Crippen LogP contribution in [0, 0.1) is 6.92 Å². The van der Waals surface area contributed by atoms with E-state index >= 15 is 0 Å². The van der Waals surface area contributed by atoms with Crippen molar-refractivity contribution in [3.63, 3.8) is 0 Å². The summed E-state index contributed by atoms with van der Waals surface area (Å²) >= 11 is 0. The number of tetrazole rings is 1. The SMILES string of the molecule is Cc1ccc(-c2nnn(CC(=O)N(c3ccc4c(c3)OCCO4)[C@H](C(=O)NC3CCCC3)c3ccco3)n2)o1. The number of nitrogens with one attached hydrogen (secondary N) is 1. The second-order valence-corrected chi connectivity index (χ2v) is 9.55. The Morgan fingerprint density at radius 1 is 1.10 bits per heavy atom. The van der Waals surface area contributed by atoms with Gasteiger partial charge in [-0.05, 0) is 61.4 Å². The number of rotatable bonds is 8. The first kappa shape index (κ1) is 24.7. The molecule has 1 fully saturated rings. The van der Waals surface area contributed by atoms with E-state index in [2.05, 4.69) is 20.7 Å². The van der Waals surface area contributed by atoms with Crippen LogP contribution in [0.5, 0.6) is 11.5 Å². The molecule has 3 aromatic heterocycles. The standard InChI is InChI=1S/C27H28N6O6/c1-17-8-10-22(39-17)26-29-31-32(30-26)16-24(34)33(19-9-11-20-23(15-19)38-14-13-37-20)25(21-7-4-12-36-21)27(35)28-18-5-2-3-6-18/h4,7-12,15,18,25H,2-3,5-6,13-14,16H2,1H3,(H,28,35)/t25-/m0/s1. The molecule has 0 saturated heterocycles. The highest BCUT2D eigenvalue weighted by atomic mass is 16.6. The molecule has 0 spiro atoms. The van der Waals surface area contributed by atoms with Crippen molar-refractivity contribution in [1.82, 2.24) is 25.5 Å². The molecule has 202 valence electrons. The molecule has 39 heavy (non-hydrogen) atoms. The van der Waals surface area contributed by atoms with Gasteiger partial charge >= 0.3 is 0 Å². The van der Waals surface area contributed by atoms with Gasteiger partial charge in [-0.3, -0.25) is 14.5 Å². The van der Waals surface area contributed by atoms with Gasteiger partial charge in [0, 0.05) is 17.8 Å². The minimum absolute atomic E-state index is 0.0449. The Kier molecular flexibility index (Phi) is 6.74. The first-order valence-corrected chi connectivity index (χ1v) is 13.0. The smallest absolute Gasteiger partial charge is 0.251 e. The van der Waals surface area contributed by atoms with Gasteiger partial charge in [0.15, 0.2) is 23.3 Å². The molecular weight excluding hydrogens is 504 g/mol. The van der Waals surface area contributed by atoms with Crippen LogP contribution in [-0.4, -0.2) is 51.3 Å². The second-order valence-electron chi connectivity index (χ2n) is 9.55. The lowest BCUT2D eigenvalue weighted by Gasteiger charge is -2.31. The molecule has 1 N–H and O–H groups in total. The van der Waals surface area contributed by atoms with Crippen molar-refractivity contribution in [2.45, 2.75) is 51.2 Å². The lowest BCUT2D eigenvalue weighted by atomic mass is 10.1. The van der Waals surface area contributed by atoms with Crippen LogP contribution in [0.15, 0.2) is 57.6 Å². The number of fused-ring (bicyclic) bond motifs is 1. The van der Waals surface area contributed by atoms with Crippen LogP contribution in [0.3, 0.4) is 0 Å². The molecule has 12 heteroatoms. The van der Waals surface area contributed by atoms with Gasteiger partial charge in [0.2, 0.25) is 5.82 Å². The third-order valence-electron chi connectivity index (χ3n) is 6.78. The predicted molar refractivity (Wildman–Crippen MR) is 137 cm³/mol. The van der Waals surface area contributed by atoms with E-state index in [-0.39, 0.29) is 24.3 Å². The fourth-order valence-electron chi connectivity index (χ4n) is 4.95. The van der Waals surface area contributed by atoms with Crippen LogP contribution in [0.1, 0.15) is 43.2 Å². The van der Waals surface area contributed by atoms with Gasteiger partial charge in [0.25, 0.3) is 11.8 Å². The van der Waals surface area contributed by atoms with E-state index in [0.717, 1.165) is 25.7 Å². The number of aryl methyl sites for hydroxylation is 1. The van der Waals surface area contributed by atoms with E-state index in [1.165, 1.54) is 16.0 Å². The number of nitrogens with zero attached hydrogens (tertiary/aromatic N) is 5. The number of aromatic nitrogens is 4.